The van der Waals surface area contributed by atoms with Gasteiger partial charge in [-0.2, -0.15) is 0 Å². The minimum atomic E-state index is 0.773. The lowest BCUT2D eigenvalue weighted by atomic mass is 10.1. The van der Waals surface area contributed by atoms with Crippen LogP contribution in [0.15, 0.2) is 0 Å². The average molecular weight is 282 g/mol. The Morgan fingerprint density at radius 2 is 1.60 bits per heavy atom. The van der Waals surface area contributed by atoms with E-state index >= 15 is 0 Å². The monoisotopic (exact) mass is 282 g/mol. The third kappa shape index (κ3) is 6.74. The maximum absolute atomic E-state index is 5.69. The van der Waals surface area contributed by atoms with E-state index in [9.17, 15) is 0 Å². The number of unbranched alkanes of at least 4 members (excludes halogenated alkanes) is 8. The summed E-state index contributed by atoms with van der Waals surface area (Å²) in [6.07, 6.45) is 13.9. The zero-order valence-corrected chi connectivity index (χ0v) is 13.9. The van der Waals surface area contributed by atoms with E-state index < -0.39 is 0 Å². The molecular weight excluding hydrogens is 246 g/mol. The van der Waals surface area contributed by atoms with Crippen molar-refractivity contribution in [2.24, 2.45) is 5.73 Å². The van der Waals surface area contributed by atoms with Gasteiger partial charge >= 0.3 is 0 Å². The topological polar surface area (TPSA) is 32.3 Å². The molecule has 1 heterocycles. The standard InChI is InChI=1S/C17H36N3/c1-3-4-5-6-7-8-9-10-11-12-17-19(2)15-16-20(17)14-13-18/h3-16,18H2,1-2H3/q+1. The van der Waals surface area contributed by atoms with Crippen molar-refractivity contribution >= 4 is 5.84 Å². The van der Waals surface area contributed by atoms with Gasteiger partial charge in [0.2, 0.25) is 5.84 Å². The molecule has 0 aromatic carbocycles. The van der Waals surface area contributed by atoms with Crippen LogP contribution in [-0.2, 0) is 0 Å². The molecule has 1 rings (SSSR count). The lowest BCUT2D eigenvalue weighted by Crippen LogP contribution is -2.33. The van der Waals surface area contributed by atoms with Crippen LogP contribution in [0.2, 0.25) is 0 Å². The molecule has 0 saturated heterocycles. The van der Waals surface area contributed by atoms with Crippen molar-refractivity contribution in [2.75, 3.05) is 33.2 Å². The molecule has 0 radical (unpaired) electrons. The van der Waals surface area contributed by atoms with E-state index in [2.05, 4.69) is 23.4 Å². The minimum Gasteiger partial charge on any atom is -0.327 e. The quantitative estimate of drug-likeness (QED) is 0.440. The molecule has 118 valence electrons. The highest BCUT2D eigenvalue weighted by molar-refractivity contribution is 5.78. The zero-order chi connectivity index (χ0) is 14.6. The molecule has 0 aromatic heterocycles. The highest BCUT2D eigenvalue weighted by Gasteiger charge is 2.26. The van der Waals surface area contributed by atoms with Gasteiger partial charge in [-0.1, -0.05) is 58.3 Å². The summed E-state index contributed by atoms with van der Waals surface area (Å²) in [5.74, 6) is 1.53. The molecule has 20 heavy (non-hydrogen) atoms. The smallest absolute Gasteiger partial charge is 0.246 e. The van der Waals surface area contributed by atoms with E-state index in [0.29, 0.717) is 0 Å². The first kappa shape index (κ1) is 17.5. The fourth-order valence-corrected chi connectivity index (χ4v) is 3.11. The van der Waals surface area contributed by atoms with Crippen LogP contribution in [0.5, 0.6) is 0 Å². The van der Waals surface area contributed by atoms with Crippen molar-refractivity contribution in [1.82, 2.24) is 4.90 Å². The van der Waals surface area contributed by atoms with Gasteiger partial charge in [-0.3, -0.25) is 9.48 Å². The summed E-state index contributed by atoms with van der Waals surface area (Å²) in [6, 6.07) is 0. The Morgan fingerprint density at radius 1 is 1.00 bits per heavy atom. The van der Waals surface area contributed by atoms with Crippen LogP contribution in [0.3, 0.4) is 0 Å². The summed E-state index contributed by atoms with van der Waals surface area (Å²) in [4.78, 5) is 2.48. The molecule has 3 heteroatoms. The Kier molecular flexibility index (Phi) is 9.73. The highest BCUT2D eigenvalue weighted by Crippen LogP contribution is 2.12. The number of likely N-dealkylation sites (N-methyl/N-ethyl adjacent to an activating group) is 1. The van der Waals surface area contributed by atoms with Crippen LogP contribution in [0.4, 0.5) is 0 Å². The summed E-state index contributed by atoms with van der Waals surface area (Å²) in [5, 5.41) is 0. The van der Waals surface area contributed by atoms with Crippen LogP contribution in [0, 0.1) is 0 Å². The Balaban J connectivity index is 2.01. The van der Waals surface area contributed by atoms with Crippen molar-refractivity contribution in [1.29, 1.82) is 0 Å². The number of hydrogen-bond acceptors (Lipinski definition) is 2. The van der Waals surface area contributed by atoms with Crippen molar-refractivity contribution in [3.05, 3.63) is 0 Å². The number of nitrogens with zero attached hydrogens (tertiary/aromatic N) is 2. The first-order valence-electron chi connectivity index (χ1n) is 8.81. The summed E-state index contributed by atoms with van der Waals surface area (Å²) < 4.78 is 2.42. The number of rotatable bonds is 12. The molecule has 0 amide bonds. The molecule has 0 saturated carbocycles. The van der Waals surface area contributed by atoms with Crippen LogP contribution >= 0.6 is 0 Å². The Bertz CT molecular complexity index is 273. The van der Waals surface area contributed by atoms with Crippen LogP contribution in [-0.4, -0.2) is 48.5 Å². The van der Waals surface area contributed by atoms with Gasteiger partial charge in [-0.25, -0.2) is 0 Å². The predicted molar refractivity (Wildman–Crippen MR) is 88.5 cm³/mol. The van der Waals surface area contributed by atoms with Gasteiger partial charge in [0.05, 0.1) is 13.6 Å². The Hall–Kier alpha value is -0.570. The van der Waals surface area contributed by atoms with Crippen molar-refractivity contribution in [3.8, 4) is 0 Å². The molecule has 0 atom stereocenters. The van der Waals surface area contributed by atoms with Gasteiger partial charge in [0.25, 0.3) is 0 Å². The molecule has 0 unspecified atom stereocenters. The summed E-state index contributed by atoms with van der Waals surface area (Å²) >= 11 is 0. The number of amidine groups is 1. The minimum absolute atomic E-state index is 0.773. The highest BCUT2D eigenvalue weighted by atomic mass is 15.3. The van der Waals surface area contributed by atoms with Gasteiger partial charge in [0.15, 0.2) is 0 Å². The third-order valence-electron chi connectivity index (χ3n) is 4.41. The van der Waals surface area contributed by atoms with Gasteiger partial charge in [0, 0.05) is 13.0 Å². The van der Waals surface area contributed by atoms with Gasteiger partial charge in [-0.15, -0.1) is 0 Å². The summed E-state index contributed by atoms with van der Waals surface area (Å²) in [5.41, 5.74) is 5.69. The van der Waals surface area contributed by atoms with Crippen LogP contribution < -0.4 is 5.73 Å². The van der Waals surface area contributed by atoms with E-state index in [-0.39, 0.29) is 0 Å². The Morgan fingerprint density at radius 3 is 2.20 bits per heavy atom. The fraction of sp³-hybridized carbons (Fsp3) is 0.941. The van der Waals surface area contributed by atoms with E-state index in [1.165, 1.54) is 83.1 Å². The zero-order valence-electron chi connectivity index (χ0n) is 13.9. The molecule has 0 fully saturated rings. The maximum atomic E-state index is 5.69. The second-order valence-corrected chi connectivity index (χ2v) is 6.19. The fourth-order valence-electron chi connectivity index (χ4n) is 3.11. The summed E-state index contributed by atoms with van der Waals surface area (Å²) in [7, 11) is 2.22. The maximum Gasteiger partial charge on any atom is 0.246 e. The van der Waals surface area contributed by atoms with Crippen molar-refractivity contribution < 1.29 is 4.58 Å². The first-order chi connectivity index (χ1) is 9.79. The number of nitrogens with two attached hydrogens (primary N) is 1. The summed E-state index contributed by atoms with van der Waals surface area (Å²) in [6.45, 7) is 6.42. The van der Waals surface area contributed by atoms with Gasteiger partial charge < -0.3 is 5.73 Å². The lowest BCUT2D eigenvalue weighted by molar-refractivity contribution is -0.487. The predicted octanol–water partition coefficient (Wildman–Crippen LogP) is 3.22. The van der Waals surface area contributed by atoms with Crippen LogP contribution in [0.25, 0.3) is 0 Å². The molecule has 0 aromatic rings. The van der Waals surface area contributed by atoms with Gasteiger partial charge in [-0.05, 0) is 6.42 Å². The molecule has 3 nitrogen and oxygen atoms in total. The molecule has 2 N–H and O–H groups in total. The molecule has 0 spiro atoms. The molecule has 1 aliphatic heterocycles. The molecule has 0 aliphatic carbocycles. The van der Waals surface area contributed by atoms with Crippen molar-refractivity contribution in [2.45, 2.75) is 71.1 Å². The van der Waals surface area contributed by atoms with Gasteiger partial charge in [0.1, 0.15) is 13.1 Å². The second-order valence-electron chi connectivity index (χ2n) is 6.19. The second kappa shape index (κ2) is 11.1. The van der Waals surface area contributed by atoms with E-state index in [0.717, 1.165) is 13.1 Å². The molecule has 1 aliphatic rings. The number of hydrogen-bond donors (Lipinski definition) is 1. The third-order valence-corrected chi connectivity index (χ3v) is 4.41. The Labute approximate surface area is 126 Å². The largest absolute Gasteiger partial charge is 0.327 e. The molecular formula is C17H36N3+. The van der Waals surface area contributed by atoms with Crippen LogP contribution in [0.1, 0.15) is 71.1 Å². The van der Waals surface area contributed by atoms with E-state index in [1.54, 1.807) is 0 Å². The van der Waals surface area contributed by atoms with E-state index in [4.69, 9.17) is 5.73 Å². The normalized spacial score (nSPS) is 15.4. The molecule has 0 bridgehead atoms. The SMILES string of the molecule is CCCCCCCCCCCC1=[N+](C)CCN1CCN. The first-order valence-corrected chi connectivity index (χ1v) is 8.81. The lowest BCUT2D eigenvalue weighted by Gasteiger charge is -2.12. The van der Waals surface area contributed by atoms with E-state index in [1.807, 2.05) is 0 Å². The average Bonchev–Trinajstić information content (AvgIpc) is 2.79. The van der Waals surface area contributed by atoms with Crippen molar-refractivity contribution in [3.63, 3.8) is 0 Å².